The first-order valence-corrected chi connectivity index (χ1v) is 6.27. The van der Waals surface area contributed by atoms with Crippen LogP contribution in [0.3, 0.4) is 0 Å². The van der Waals surface area contributed by atoms with Crippen molar-refractivity contribution in [2.24, 2.45) is 0 Å². The molecule has 0 fully saturated rings. The Labute approximate surface area is 101 Å². The lowest BCUT2D eigenvalue weighted by molar-refractivity contribution is 0.218. The molecular formula is C13H16O2S. The minimum atomic E-state index is -0.0887. The molecule has 3 heteroatoms. The highest BCUT2D eigenvalue weighted by atomic mass is 32.2. The van der Waals surface area contributed by atoms with E-state index in [9.17, 15) is 0 Å². The fourth-order valence-corrected chi connectivity index (χ4v) is 2.02. The highest BCUT2D eigenvalue weighted by molar-refractivity contribution is 7.98. The van der Waals surface area contributed by atoms with E-state index in [-0.39, 0.29) is 6.61 Å². The van der Waals surface area contributed by atoms with Gasteiger partial charge in [0.2, 0.25) is 0 Å². The highest BCUT2D eigenvalue weighted by Gasteiger charge is 1.93. The van der Waals surface area contributed by atoms with Crippen molar-refractivity contribution in [2.45, 2.75) is 5.75 Å². The maximum absolute atomic E-state index is 8.56. The summed E-state index contributed by atoms with van der Waals surface area (Å²) in [5.41, 5.74) is 2.23. The first-order chi connectivity index (χ1) is 7.86. The quantitative estimate of drug-likeness (QED) is 0.625. The van der Waals surface area contributed by atoms with Crippen LogP contribution in [0.5, 0.6) is 0 Å². The lowest BCUT2D eigenvalue weighted by atomic mass is 10.1. The maximum Gasteiger partial charge on any atom is 0.104 e. The molecule has 16 heavy (non-hydrogen) atoms. The molecule has 0 bridgehead atoms. The zero-order valence-electron chi connectivity index (χ0n) is 9.40. The number of rotatable bonds is 5. The van der Waals surface area contributed by atoms with Crippen molar-refractivity contribution in [1.82, 2.24) is 0 Å². The van der Waals surface area contributed by atoms with Crippen LogP contribution >= 0.6 is 11.8 Å². The molecule has 1 aromatic carbocycles. The molecule has 1 aromatic rings. The smallest absolute Gasteiger partial charge is 0.104 e. The molecule has 1 rings (SSSR count). The van der Waals surface area contributed by atoms with Gasteiger partial charge in [0.05, 0.1) is 6.61 Å². The molecule has 2 nitrogen and oxygen atoms in total. The van der Waals surface area contributed by atoms with Crippen molar-refractivity contribution < 1.29 is 9.84 Å². The third-order valence-electron chi connectivity index (χ3n) is 1.97. The van der Waals surface area contributed by atoms with E-state index in [1.165, 1.54) is 5.56 Å². The number of aliphatic hydroxyl groups is 1. The van der Waals surface area contributed by atoms with Gasteiger partial charge in [0, 0.05) is 24.2 Å². The number of hydrogen-bond acceptors (Lipinski definition) is 3. The fraction of sp³-hybridized carbons (Fsp3) is 0.385. The number of aliphatic hydroxyl groups excluding tert-OH is 1. The second-order valence-corrected chi connectivity index (χ2v) is 4.31. The third-order valence-corrected chi connectivity index (χ3v) is 2.96. The average Bonchev–Trinajstić information content (AvgIpc) is 2.33. The molecule has 0 radical (unpaired) electrons. The second kappa shape index (κ2) is 8.23. The van der Waals surface area contributed by atoms with E-state index >= 15 is 0 Å². The highest BCUT2D eigenvalue weighted by Crippen LogP contribution is 2.12. The second-order valence-electron chi connectivity index (χ2n) is 3.20. The van der Waals surface area contributed by atoms with Gasteiger partial charge in [-0.1, -0.05) is 24.0 Å². The molecule has 1 N–H and O–H groups in total. The summed E-state index contributed by atoms with van der Waals surface area (Å²) in [6, 6.07) is 8.10. The minimum absolute atomic E-state index is 0.0887. The first-order valence-electron chi connectivity index (χ1n) is 5.12. The summed E-state index contributed by atoms with van der Waals surface area (Å²) >= 11 is 1.85. The lowest BCUT2D eigenvalue weighted by Crippen LogP contribution is -1.92. The number of ether oxygens (including phenoxy) is 1. The van der Waals surface area contributed by atoms with Crippen molar-refractivity contribution in [2.75, 3.05) is 26.1 Å². The van der Waals surface area contributed by atoms with Gasteiger partial charge in [-0.05, 0) is 17.7 Å². The van der Waals surface area contributed by atoms with Crippen molar-refractivity contribution >= 4 is 11.8 Å². The lowest BCUT2D eigenvalue weighted by Gasteiger charge is -2.01. The van der Waals surface area contributed by atoms with Crippen LogP contribution in [0.4, 0.5) is 0 Å². The van der Waals surface area contributed by atoms with Gasteiger partial charge in [0.1, 0.15) is 6.61 Å². The Kier molecular flexibility index (Phi) is 6.75. The molecule has 0 unspecified atom stereocenters. The Morgan fingerprint density at radius 2 is 2.06 bits per heavy atom. The molecule has 0 aromatic heterocycles. The van der Waals surface area contributed by atoms with Gasteiger partial charge in [-0.3, -0.25) is 0 Å². The monoisotopic (exact) mass is 236 g/mol. The van der Waals surface area contributed by atoms with Gasteiger partial charge in [-0.15, -0.1) is 0 Å². The zero-order valence-corrected chi connectivity index (χ0v) is 10.2. The Hall–Kier alpha value is -0.950. The van der Waals surface area contributed by atoms with Crippen LogP contribution in [0.15, 0.2) is 24.3 Å². The van der Waals surface area contributed by atoms with Crippen LogP contribution in [0, 0.1) is 11.8 Å². The first kappa shape index (κ1) is 13.1. The summed E-state index contributed by atoms with van der Waals surface area (Å²) in [7, 11) is 1.72. The van der Waals surface area contributed by atoms with E-state index in [4.69, 9.17) is 9.84 Å². The zero-order chi connectivity index (χ0) is 11.6. The Bertz CT molecular complexity index is 348. The van der Waals surface area contributed by atoms with Crippen LogP contribution in [0.25, 0.3) is 0 Å². The topological polar surface area (TPSA) is 29.5 Å². The normalized spacial score (nSPS) is 9.62. The van der Waals surface area contributed by atoms with Gasteiger partial charge in [0.25, 0.3) is 0 Å². The molecule has 0 aliphatic rings. The average molecular weight is 236 g/mol. The molecule has 0 heterocycles. The Morgan fingerprint density at radius 3 is 2.69 bits per heavy atom. The van der Waals surface area contributed by atoms with Crippen molar-refractivity contribution in [3.8, 4) is 11.8 Å². The van der Waals surface area contributed by atoms with Gasteiger partial charge in [-0.25, -0.2) is 0 Å². The van der Waals surface area contributed by atoms with Crippen LogP contribution < -0.4 is 0 Å². The Balaban J connectivity index is 2.39. The van der Waals surface area contributed by atoms with E-state index in [0.717, 1.165) is 23.7 Å². The standard InChI is InChI=1S/C13H16O2S/c1-15-9-10-16-11-13-6-4-12(5-7-13)3-2-8-14/h4-7,14H,8-11H2,1H3. The summed E-state index contributed by atoms with van der Waals surface area (Å²) in [4.78, 5) is 0. The summed E-state index contributed by atoms with van der Waals surface area (Å²) in [5.74, 6) is 7.51. The number of benzene rings is 1. The van der Waals surface area contributed by atoms with E-state index in [1.54, 1.807) is 7.11 Å². The predicted octanol–water partition coefficient (Wildman–Crippen LogP) is 1.91. The molecular weight excluding hydrogens is 220 g/mol. The van der Waals surface area contributed by atoms with Crippen LogP contribution in [-0.2, 0) is 10.5 Å². The summed E-state index contributed by atoms with van der Waals surface area (Å²) in [6.45, 7) is 0.708. The van der Waals surface area contributed by atoms with Crippen LogP contribution in [0.2, 0.25) is 0 Å². The summed E-state index contributed by atoms with van der Waals surface area (Å²) < 4.78 is 4.98. The number of thioether (sulfide) groups is 1. The molecule has 0 atom stereocenters. The van der Waals surface area contributed by atoms with Crippen molar-refractivity contribution in [1.29, 1.82) is 0 Å². The van der Waals surface area contributed by atoms with E-state index in [2.05, 4.69) is 24.0 Å². The van der Waals surface area contributed by atoms with Crippen LogP contribution in [-0.4, -0.2) is 31.2 Å². The van der Waals surface area contributed by atoms with E-state index < -0.39 is 0 Å². The van der Waals surface area contributed by atoms with Gasteiger partial charge < -0.3 is 9.84 Å². The van der Waals surface area contributed by atoms with Gasteiger partial charge >= 0.3 is 0 Å². The Morgan fingerprint density at radius 1 is 1.31 bits per heavy atom. The van der Waals surface area contributed by atoms with Crippen molar-refractivity contribution in [3.63, 3.8) is 0 Å². The number of hydrogen-bond donors (Lipinski definition) is 1. The molecule has 0 saturated heterocycles. The van der Waals surface area contributed by atoms with E-state index in [1.807, 2.05) is 23.9 Å². The van der Waals surface area contributed by atoms with E-state index in [0.29, 0.717) is 0 Å². The van der Waals surface area contributed by atoms with Crippen molar-refractivity contribution in [3.05, 3.63) is 35.4 Å². The molecule has 0 spiro atoms. The van der Waals surface area contributed by atoms with Crippen LogP contribution in [0.1, 0.15) is 11.1 Å². The minimum Gasteiger partial charge on any atom is -0.384 e. The fourth-order valence-electron chi connectivity index (χ4n) is 1.16. The van der Waals surface area contributed by atoms with Gasteiger partial charge in [-0.2, -0.15) is 11.8 Å². The largest absolute Gasteiger partial charge is 0.384 e. The molecule has 0 aliphatic heterocycles. The third kappa shape index (κ3) is 5.22. The molecule has 0 aliphatic carbocycles. The maximum atomic E-state index is 8.56. The summed E-state index contributed by atoms with van der Waals surface area (Å²) in [6.07, 6.45) is 0. The predicted molar refractivity (Wildman–Crippen MR) is 68.4 cm³/mol. The summed E-state index contributed by atoms with van der Waals surface area (Å²) in [5, 5.41) is 8.56. The molecule has 0 saturated carbocycles. The molecule has 0 amide bonds. The molecule has 86 valence electrons. The van der Waals surface area contributed by atoms with Gasteiger partial charge in [0.15, 0.2) is 0 Å². The number of methoxy groups -OCH3 is 1. The SMILES string of the molecule is COCCSCc1ccc(C#CCO)cc1.